The standard InChI is InChI=1S/C18H18ClN3O4S/c1-3-17-21-18(22-26-17)14-10-13(8-9-16(14)25-2)27(23,24)20-11-12-6-4-5-7-15(12)19/h4-10,20H,3,11H2,1-2H3. The molecule has 1 aromatic heterocycles. The maximum atomic E-state index is 12.7. The van der Waals surface area contributed by atoms with Crippen LogP contribution in [0.15, 0.2) is 51.9 Å². The number of sulfonamides is 1. The third-order valence-electron chi connectivity index (χ3n) is 3.90. The van der Waals surface area contributed by atoms with Crippen LogP contribution >= 0.6 is 11.6 Å². The Labute approximate surface area is 162 Å². The van der Waals surface area contributed by atoms with E-state index in [4.69, 9.17) is 20.9 Å². The van der Waals surface area contributed by atoms with Crippen molar-refractivity contribution in [2.75, 3.05) is 7.11 Å². The Balaban J connectivity index is 1.91. The third kappa shape index (κ3) is 4.29. The molecule has 0 saturated heterocycles. The quantitative estimate of drug-likeness (QED) is 0.644. The minimum atomic E-state index is -3.78. The number of rotatable bonds is 7. The highest BCUT2D eigenvalue weighted by Gasteiger charge is 2.20. The Bertz CT molecular complexity index is 1050. The predicted molar refractivity (Wildman–Crippen MR) is 101 cm³/mol. The van der Waals surface area contributed by atoms with Gasteiger partial charge in [0.2, 0.25) is 21.7 Å². The number of halogens is 1. The van der Waals surface area contributed by atoms with Gasteiger partial charge in [0.15, 0.2) is 0 Å². The van der Waals surface area contributed by atoms with Crippen LogP contribution in [0, 0.1) is 0 Å². The van der Waals surface area contributed by atoms with Gasteiger partial charge in [-0.2, -0.15) is 4.98 Å². The van der Waals surface area contributed by atoms with Gasteiger partial charge in [-0.15, -0.1) is 0 Å². The molecule has 0 fully saturated rings. The van der Waals surface area contributed by atoms with Gasteiger partial charge >= 0.3 is 0 Å². The van der Waals surface area contributed by atoms with Crippen LogP contribution in [0.1, 0.15) is 18.4 Å². The van der Waals surface area contributed by atoms with Gasteiger partial charge in [-0.1, -0.05) is 41.9 Å². The summed E-state index contributed by atoms with van der Waals surface area (Å²) >= 11 is 6.08. The molecule has 2 aromatic carbocycles. The van der Waals surface area contributed by atoms with Gasteiger partial charge in [-0.25, -0.2) is 13.1 Å². The van der Waals surface area contributed by atoms with Crippen molar-refractivity contribution in [2.24, 2.45) is 0 Å². The van der Waals surface area contributed by atoms with Crippen molar-refractivity contribution in [3.8, 4) is 17.1 Å². The minimum Gasteiger partial charge on any atom is -0.496 e. The number of hydrogen-bond acceptors (Lipinski definition) is 6. The number of aryl methyl sites for hydroxylation is 1. The second kappa shape index (κ2) is 8.08. The molecule has 1 N–H and O–H groups in total. The van der Waals surface area contributed by atoms with E-state index in [9.17, 15) is 8.42 Å². The summed E-state index contributed by atoms with van der Waals surface area (Å²) in [7, 11) is -2.29. The van der Waals surface area contributed by atoms with Crippen LogP contribution in [0.2, 0.25) is 5.02 Å². The van der Waals surface area contributed by atoms with Crippen molar-refractivity contribution in [1.82, 2.24) is 14.9 Å². The minimum absolute atomic E-state index is 0.0632. The van der Waals surface area contributed by atoms with Gasteiger partial charge in [-0.05, 0) is 29.8 Å². The van der Waals surface area contributed by atoms with E-state index in [1.807, 2.05) is 6.92 Å². The second-order valence-corrected chi connectivity index (χ2v) is 7.82. The molecule has 0 atom stereocenters. The Kier molecular flexibility index (Phi) is 5.79. The van der Waals surface area contributed by atoms with Crippen molar-refractivity contribution in [2.45, 2.75) is 24.8 Å². The zero-order chi connectivity index (χ0) is 19.4. The van der Waals surface area contributed by atoms with Crippen molar-refractivity contribution >= 4 is 21.6 Å². The number of ether oxygens (including phenoxy) is 1. The molecular weight excluding hydrogens is 390 g/mol. The van der Waals surface area contributed by atoms with Crippen molar-refractivity contribution in [3.05, 3.63) is 58.9 Å². The molecule has 27 heavy (non-hydrogen) atoms. The highest BCUT2D eigenvalue weighted by atomic mass is 35.5. The molecule has 7 nitrogen and oxygen atoms in total. The first-order valence-electron chi connectivity index (χ1n) is 8.18. The number of hydrogen-bond donors (Lipinski definition) is 1. The summed E-state index contributed by atoms with van der Waals surface area (Å²) in [6.07, 6.45) is 0.576. The highest BCUT2D eigenvalue weighted by molar-refractivity contribution is 7.89. The molecule has 142 valence electrons. The maximum Gasteiger partial charge on any atom is 0.240 e. The lowest BCUT2D eigenvalue weighted by Gasteiger charge is -2.11. The van der Waals surface area contributed by atoms with Crippen LogP contribution in [0.5, 0.6) is 5.75 Å². The smallest absolute Gasteiger partial charge is 0.240 e. The summed E-state index contributed by atoms with van der Waals surface area (Å²) in [5.41, 5.74) is 1.11. The van der Waals surface area contributed by atoms with Gasteiger partial charge in [-0.3, -0.25) is 0 Å². The summed E-state index contributed by atoms with van der Waals surface area (Å²) in [5.74, 6) is 1.17. The van der Waals surface area contributed by atoms with Crippen molar-refractivity contribution in [1.29, 1.82) is 0 Å². The van der Waals surface area contributed by atoms with Gasteiger partial charge in [0, 0.05) is 18.0 Å². The average Bonchev–Trinajstić information content (AvgIpc) is 3.16. The van der Waals surface area contributed by atoms with E-state index in [2.05, 4.69) is 14.9 Å². The topological polar surface area (TPSA) is 94.3 Å². The SMILES string of the molecule is CCc1nc(-c2cc(S(=O)(=O)NCc3ccccc3Cl)ccc2OC)no1. The molecule has 0 radical (unpaired) electrons. The van der Waals surface area contributed by atoms with Crippen LogP contribution < -0.4 is 9.46 Å². The van der Waals surface area contributed by atoms with Crippen molar-refractivity contribution < 1.29 is 17.7 Å². The van der Waals surface area contributed by atoms with E-state index in [-0.39, 0.29) is 17.3 Å². The first-order valence-corrected chi connectivity index (χ1v) is 10.0. The fourth-order valence-corrected chi connectivity index (χ4v) is 3.67. The van der Waals surface area contributed by atoms with E-state index in [1.54, 1.807) is 30.3 Å². The van der Waals surface area contributed by atoms with E-state index >= 15 is 0 Å². The molecule has 0 spiro atoms. The molecule has 0 unspecified atom stereocenters. The lowest BCUT2D eigenvalue weighted by molar-refractivity contribution is 0.382. The Hall–Kier alpha value is -2.42. The van der Waals surface area contributed by atoms with E-state index < -0.39 is 10.0 Å². The second-order valence-electron chi connectivity index (χ2n) is 5.64. The number of nitrogens with zero attached hydrogens (tertiary/aromatic N) is 2. The Morgan fingerprint density at radius 2 is 2.00 bits per heavy atom. The fraction of sp³-hybridized carbons (Fsp3) is 0.222. The summed E-state index contributed by atoms with van der Waals surface area (Å²) in [6, 6.07) is 11.5. The first-order chi connectivity index (χ1) is 12.9. The largest absolute Gasteiger partial charge is 0.496 e. The van der Waals surface area contributed by atoms with Gasteiger partial charge in [0.25, 0.3) is 0 Å². The van der Waals surface area contributed by atoms with Crippen LogP contribution in [-0.4, -0.2) is 25.7 Å². The number of aromatic nitrogens is 2. The van der Waals surface area contributed by atoms with Crippen LogP contribution in [-0.2, 0) is 23.0 Å². The molecule has 0 aliphatic rings. The van der Waals surface area contributed by atoms with Gasteiger partial charge < -0.3 is 9.26 Å². The molecule has 0 saturated carbocycles. The van der Waals surface area contributed by atoms with Gasteiger partial charge in [0.05, 0.1) is 17.6 Å². The Morgan fingerprint density at radius 3 is 2.67 bits per heavy atom. The molecule has 9 heteroatoms. The highest BCUT2D eigenvalue weighted by Crippen LogP contribution is 2.30. The molecule has 0 aliphatic carbocycles. The molecule has 1 heterocycles. The molecule has 3 rings (SSSR count). The normalized spacial score (nSPS) is 11.5. The zero-order valence-corrected chi connectivity index (χ0v) is 16.3. The Morgan fingerprint density at radius 1 is 1.22 bits per heavy atom. The summed E-state index contributed by atoms with van der Waals surface area (Å²) in [4.78, 5) is 4.31. The summed E-state index contributed by atoms with van der Waals surface area (Å²) in [6.45, 7) is 1.96. The molecule has 3 aromatic rings. The summed E-state index contributed by atoms with van der Waals surface area (Å²) < 4.78 is 38.4. The molecule has 0 bridgehead atoms. The number of methoxy groups -OCH3 is 1. The lowest BCUT2D eigenvalue weighted by Crippen LogP contribution is -2.23. The number of nitrogens with one attached hydrogen (secondary N) is 1. The molecule has 0 amide bonds. The van der Waals surface area contributed by atoms with E-state index in [0.717, 1.165) is 0 Å². The maximum absolute atomic E-state index is 12.7. The zero-order valence-electron chi connectivity index (χ0n) is 14.8. The van der Waals surface area contributed by atoms with Crippen LogP contribution in [0.4, 0.5) is 0 Å². The van der Waals surface area contributed by atoms with E-state index in [1.165, 1.54) is 19.2 Å². The monoisotopic (exact) mass is 407 g/mol. The average molecular weight is 408 g/mol. The summed E-state index contributed by atoms with van der Waals surface area (Å²) in [5, 5.41) is 4.39. The third-order valence-corrected chi connectivity index (χ3v) is 5.67. The lowest BCUT2D eigenvalue weighted by atomic mass is 10.2. The van der Waals surface area contributed by atoms with Crippen LogP contribution in [0.3, 0.4) is 0 Å². The van der Waals surface area contributed by atoms with Gasteiger partial charge in [0.1, 0.15) is 5.75 Å². The van der Waals surface area contributed by atoms with E-state index in [0.29, 0.717) is 34.2 Å². The predicted octanol–water partition coefficient (Wildman–Crippen LogP) is 3.44. The first kappa shape index (κ1) is 19.3. The van der Waals surface area contributed by atoms with Crippen molar-refractivity contribution in [3.63, 3.8) is 0 Å². The van der Waals surface area contributed by atoms with Crippen LogP contribution in [0.25, 0.3) is 11.4 Å². The molecule has 0 aliphatic heterocycles. The molecular formula is C18H18ClN3O4S. The fourth-order valence-electron chi connectivity index (χ4n) is 2.43. The number of benzene rings is 2.